The molecular weight excluding hydrogens is 224 g/mol. The lowest BCUT2D eigenvalue weighted by Crippen LogP contribution is -2.09. The molecule has 1 aromatic carbocycles. The van der Waals surface area contributed by atoms with E-state index in [1.54, 1.807) is 6.20 Å². The Morgan fingerprint density at radius 1 is 1.11 bits per heavy atom. The maximum absolute atomic E-state index is 10.3. The van der Waals surface area contributed by atoms with E-state index < -0.39 is 6.10 Å². The molecule has 0 aliphatic heterocycles. The first kappa shape index (κ1) is 12.6. The third kappa shape index (κ3) is 2.68. The fraction of sp³-hybridized carbons (Fsp3) is 0.267. The van der Waals surface area contributed by atoms with Crippen LogP contribution in [0.4, 0.5) is 5.69 Å². The molecule has 0 saturated heterocycles. The van der Waals surface area contributed by atoms with Crippen LogP contribution in [0.1, 0.15) is 22.9 Å². The second-order valence-corrected chi connectivity index (χ2v) is 4.62. The van der Waals surface area contributed by atoms with Crippen molar-refractivity contribution in [3.63, 3.8) is 0 Å². The molecule has 2 aromatic rings. The number of aromatic nitrogens is 1. The number of pyridine rings is 1. The van der Waals surface area contributed by atoms with E-state index in [0.717, 1.165) is 22.5 Å². The van der Waals surface area contributed by atoms with Gasteiger partial charge in [0.1, 0.15) is 6.10 Å². The summed E-state index contributed by atoms with van der Waals surface area (Å²) in [6.07, 6.45) is 1.10. The summed E-state index contributed by atoms with van der Waals surface area (Å²) >= 11 is 0. The summed E-state index contributed by atoms with van der Waals surface area (Å²) in [4.78, 5) is 6.23. The van der Waals surface area contributed by atoms with E-state index in [-0.39, 0.29) is 0 Å². The maximum Gasteiger partial charge on any atom is 0.106 e. The lowest BCUT2D eigenvalue weighted by atomic mass is 10.0. The van der Waals surface area contributed by atoms with Gasteiger partial charge in [-0.15, -0.1) is 0 Å². The van der Waals surface area contributed by atoms with Gasteiger partial charge >= 0.3 is 0 Å². The minimum absolute atomic E-state index is 0.627. The Labute approximate surface area is 108 Å². The van der Waals surface area contributed by atoms with Crippen LogP contribution in [-0.4, -0.2) is 24.2 Å². The van der Waals surface area contributed by atoms with E-state index in [0.29, 0.717) is 0 Å². The minimum atomic E-state index is -0.627. The highest BCUT2D eigenvalue weighted by atomic mass is 16.3. The molecule has 1 N–H and O–H groups in total. The maximum atomic E-state index is 10.3. The molecule has 0 bridgehead atoms. The lowest BCUT2D eigenvalue weighted by Gasteiger charge is -2.16. The SMILES string of the molecule is Cc1ccc(C(O)c2cccc(N(C)C)c2)cn1. The van der Waals surface area contributed by atoms with Crippen molar-refractivity contribution in [2.45, 2.75) is 13.0 Å². The second-order valence-electron chi connectivity index (χ2n) is 4.62. The van der Waals surface area contributed by atoms with Crippen LogP contribution in [0.25, 0.3) is 0 Å². The monoisotopic (exact) mass is 242 g/mol. The molecule has 1 unspecified atom stereocenters. The van der Waals surface area contributed by atoms with Crippen molar-refractivity contribution in [3.8, 4) is 0 Å². The summed E-state index contributed by atoms with van der Waals surface area (Å²) < 4.78 is 0. The molecule has 1 atom stereocenters. The van der Waals surface area contributed by atoms with Crippen molar-refractivity contribution in [2.24, 2.45) is 0 Å². The fourth-order valence-corrected chi connectivity index (χ4v) is 1.81. The molecule has 18 heavy (non-hydrogen) atoms. The molecule has 1 heterocycles. The van der Waals surface area contributed by atoms with Gasteiger partial charge in [-0.3, -0.25) is 4.98 Å². The van der Waals surface area contributed by atoms with Gasteiger partial charge < -0.3 is 10.0 Å². The Morgan fingerprint density at radius 3 is 2.50 bits per heavy atom. The molecule has 0 aliphatic carbocycles. The van der Waals surface area contributed by atoms with Crippen LogP contribution in [0.3, 0.4) is 0 Å². The number of hydrogen-bond donors (Lipinski definition) is 1. The van der Waals surface area contributed by atoms with Crippen LogP contribution in [0.2, 0.25) is 0 Å². The van der Waals surface area contributed by atoms with E-state index in [4.69, 9.17) is 0 Å². The van der Waals surface area contributed by atoms with Crippen LogP contribution in [0.5, 0.6) is 0 Å². The van der Waals surface area contributed by atoms with Gasteiger partial charge in [0.2, 0.25) is 0 Å². The first-order valence-electron chi connectivity index (χ1n) is 5.96. The molecular formula is C15H18N2O. The van der Waals surface area contributed by atoms with Gasteiger partial charge in [-0.05, 0) is 30.7 Å². The van der Waals surface area contributed by atoms with E-state index >= 15 is 0 Å². The zero-order chi connectivity index (χ0) is 13.1. The van der Waals surface area contributed by atoms with Crippen molar-refractivity contribution >= 4 is 5.69 Å². The Morgan fingerprint density at radius 2 is 1.89 bits per heavy atom. The number of aryl methyl sites for hydroxylation is 1. The van der Waals surface area contributed by atoms with Crippen LogP contribution >= 0.6 is 0 Å². The van der Waals surface area contributed by atoms with Gasteiger partial charge in [0.25, 0.3) is 0 Å². The highest BCUT2D eigenvalue weighted by Gasteiger charge is 2.11. The molecule has 0 saturated carbocycles. The van der Waals surface area contributed by atoms with E-state index in [2.05, 4.69) is 4.98 Å². The number of aliphatic hydroxyl groups excluding tert-OH is 1. The van der Waals surface area contributed by atoms with Crippen LogP contribution < -0.4 is 4.90 Å². The minimum Gasteiger partial charge on any atom is -0.384 e. The normalized spacial score (nSPS) is 12.2. The third-order valence-corrected chi connectivity index (χ3v) is 2.95. The molecule has 3 nitrogen and oxygen atoms in total. The topological polar surface area (TPSA) is 36.4 Å². The Balaban J connectivity index is 2.30. The first-order chi connectivity index (χ1) is 8.58. The van der Waals surface area contributed by atoms with E-state index in [1.807, 2.05) is 62.3 Å². The molecule has 94 valence electrons. The number of anilines is 1. The zero-order valence-electron chi connectivity index (χ0n) is 11.0. The quantitative estimate of drug-likeness (QED) is 0.898. The van der Waals surface area contributed by atoms with Gasteiger partial charge in [0.05, 0.1) is 0 Å². The van der Waals surface area contributed by atoms with Gasteiger partial charge in [0, 0.05) is 37.2 Å². The molecule has 0 fully saturated rings. The van der Waals surface area contributed by atoms with Crippen LogP contribution in [0.15, 0.2) is 42.6 Å². The Bertz CT molecular complexity index is 520. The van der Waals surface area contributed by atoms with Crippen LogP contribution in [0, 0.1) is 6.92 Å². The van der Waals surface area contributed by atoms with Gasteiger partial charge in [-0.2, -0.15) is 0 Å². The molecule has 0 amide bonds. The summed E-state index contributed by atoms with van der Waals surface area (Å²) in [6, 6.07) is 11.7. The second kappa shape index (κ2) is 5.19. The summed E-state index contributed by atoms with van der Waals surface area (Å²) in [5.74, 6) is 0. The number of nitrogens with zero attached hydrogens (tertiary/aromatic N) is 2. The number of benzene rings is 1. The van der Waals surface area contributed by atoms with E-state index in [9.17, 15) is 5.11 Å². The molecule has 0 radical (unpaired) electrons. The van der Waals surface area contributed by atoms with Gasteiger partial charge in [-0.1, -0.05) is 18.2 Å². The van der Waals surface area contributed by atoms with Crippen molar-refractivity contribution in [3.05, 3.63) is 59.4 Å². The first-order valence-corrected chi connectivity index (χ1v) is 5.96. The average molecular weight is 242 g/mol. The van der Waals surface area contributed by atoms with Crippen LogP contribution in [-0.2, 0) is 0 Å². The van der Waals surface area contributed by atoms with Crippen molar-refractivity contribution in [1.82, 2.24) is 4.98 Å². The molecule has 3 heteroatoms. The zero-order valence-corrected chi connectivity index (χ0v) is 11.0. The molecule has 2 rings (SSSR count). The number of rotatable bonds is 3. The van der Waals surface area contributed by atoms with Gasteiger partial charge in [-0.25, -0.2) is 0 Å². The fourth-order valence-electron chi connectivity index (χ4n) is 1.81. The summed E-state index contributed by atoms with van der Waals surface area (Å²) in [6.45, 7) is 1.93. The average Bonchev–Trinajstić information content (AvgIpc) is 2.39. The van der Waals surface area contributed by atoms with Crippen molar-refractivity contribution < 1.29 is 5.11 Å². The highest BCUT2D eigenvalue weighted by Crippen LogP contribution is 2.24. The van der Waals surface area contributed by atoms with Crippen molar-refractivity contribution in [1.29, 1.82) is 0 Å². The standard InChI is InChI=1S/C15H18N2O/c1-11-7-8-13(10-16-11)15(18)12-5-4-6-14(9-12)17(2)3/h4-10,15,18H,1-3H3. The molecule has 0 aliphatic rings. The third-order valence-electron chi connectivity index (χ3n) is 2.95. The van der Waals surface area contributed by atoms with E-state index in [1.165, 1.54) is 0 Å². The smallest absolute Gasteiger partial charge is 0.106 e. The van der Waals surface area contributed by atoms with Crippen molar-refractivity contribution in [2.75, 3.05) is 19.0 Å². The Kier molecular flexibility index (Phi) is 3.63. The molecule has 0 spiro atoms. The molecule has 1 aromatic heterocycles. The predicted molar refractivity (Wildman–Crippen MR) is 73.8 cm³/mol. The largest absolute Gasteiger partial charge is 0.384 e. The lowest BCUT2D eigenvalue weighted by molar-refractivity contribution is 0.220. The highest BCUT2D eigenvalue weighted by molar-refractivity contribution is 5.48. The number of aliphatic hydroxyl groups is 1. The Hall–Kier alpha value is -1.87. The summed E-state index contributed by atoms with van der Waals surface area (Å²) in [5.41, 5.74) is 3.72. The summed E-state index contributed by atoms with van der Waals surface area (Å²) in [7, 11) is 3.97. The number of hydrogen-bond acceptors (Lipinski definition) is 3. The predicted octanol–water partition coefficient (Wildman–Crippen LogP) is 2.54. The van der Waals surface area contributed by atoms with Gasteiger partial charge in [0.15, 0.2) is 0 Å². The summed E-state index contributed by atoms with van der Waals surface area (Å²) in [5, 5.41) is 10.3.